The van der Waals surface area contributed by atoms with E-state index in [1.807, 2.05) is 12.1 Å². The van der Waals surface area contributed by atoms with E-state index in [0.29, 0.717) is 19.1 Å². The van der Waals surface area contributed by atoms with Crippen LogP contribution < -0.4 is 10.5 Å². The van der Waals surface area contributed by atoms with Crippen molar-refractivity contribution in [3.63, 3.8) is 0 Å². The zero-order valence-corrected chi connectivity index (χ0v) is 11.8. The summed E-state index contributed by atoms with van der Waals surface area (Å²) in [7, 11) is 0. The third-order valence-corrected chi connectivity index (χ3v) is 3.19. The predicted molar refractivity (Wildman–Crippen MR) is 76.2 cm³/mol. The molecule has 102 valence electrons. The minimum Gasteiger partial charge on any atom is -0.486 e. The molecule has 0 saturated heterocycles. The van der Waals surface area contributed by atoms with E-state index in [0.717, 1.165) is 17.1 Å². The monoisotopic (exact) mass is 259 g/mol. The van der Waals surface area contributed by atoms with E-state index in [1.165, 1.54) is 11.1 Å². The Morgan fingerprint density at radius 1 is 1.26 bits per heavy atom. The Balaban J connectivity index is 2.01. The Labute approximate surface area is 114 Å². The molecule has 0 radical (unpaired) electrons. The molecular weight excluding hydrogens is 238 g/mol. The Hall–Kier alpha value is -1.74. The van der Waals surface area contributed by atoms with Gasteiger partial charge in [-0.05, 0) is 42.2 Å². The second-order valence-corrected chi connectivity index (χ2v) is 5.09. The highest BCUT2D eigenvalue weighted by molar-refractivity contribution is 5.36. The molecule has 0 saturated carbocycles. The largest absolute Gasteiger partial charge is 0.486 e. The van der Waals surface area contributed by atoms with Crippen molar-refractivity contribution in [1.82, 2.24) is 0 Å². The summed E-state index contributed by atoms with van der Waals surface area (Å²) in [4.78, 5) is 0. The average Bonchev–Trinajstić information content (AvgIpc) is 2.84. The lowest BCUT2D eigenvalue weighted by Gasteiger charge is -2.11. The number of hydrogen-bond donors (Lipinski definition) is 1. The maximum Gasteiger partial charge on any atom is 0.146 e. The zero-order chi connectivity index (χ0) is 13.8. The molecule has 1 aromatic carbocycles. The highest BCUT2D eigenvalue weighted by atomic mass is 16.5. The Morgan fingerprint density at radius 3 is 2.63 bits per heavy atom. The molecule has 3 heteroatoms. The van der Waals surface area contributed by atoms with E-state index in [2.05, 4.69) is 32.9 Å². The number of nitrogens with two attached hydrogens (primary N) is 1. The van der Waals surface area contributed by atoms with Gasteiger partial charge in [0.2, 0.25) is 0 Å². The normalized spacial score (nSPS) is 11.0. The van der Waals surface area contributed by atoms with Gasteiger partial charge in [0.1, 0.15) is 18.1 Å². The second-order valence-electron chi connectivity index (χ2n) is 5.09. The summed E-state index contributed by atoms with van der Waals surface area (Å²) >= 11 is 0. The Kier molecular flexibility index (Phi) is 4.27. The van der Waals surface area contributed by atoms with E-state index in [9.17, 15) is 0 Å². The van der Waals surface area contributed by atoms with Crippen LogP contribution in [-0.2, 0) is 13.2 Å². The van der Waals surface area contributed by atoms with Gasteiger partial charge in [0.05, 0.1) is 6.26 Å². The first-order chi connectivity index (χ1) is 9.10. The van der Waals surface area contributed by atoms with Crippen LogP contribution in [0.2, 0.25) is 0 Å². The van der Waals surface area contributed by atoms with Crippen molar-refractivity contribution in [2.24, 2.45) is 5.73 Å². The van der Waals surface area contributed by atoms with Crippen molar-refractivity contribution in [2.75, 3.05) is 0 Å². The number of hydrogen-bond acceptors (Lipinski definition) is 3. The van der Waals surface area contributed by atoms with E-state index < -0.39 is 0 Å². The van der Waals surface area contributed by atoms with Crippen molar-refractivity contribution in [2.45, 2.75) is 39.8 Å². The van der Waals surface area contributed by atoms with Crippen LogP contribution in [-0.4, -0.2) is 0 Å². The maximum absolute atomic E-state index is 5.73. The number of benzene rings is 1. The molecule has 3 nitrogen and oxygen atoms in total. The van der Waals surface area contributed by atoms with Crippen LogP contribution in [0.5, 0.6) is 5.75 Å². The first-order valence-electron chi connectivity index (χ1n) is 6.60. The van der Waals surface area contributed by atoms with Gasteiger partial charge in [0.25, 0.3) is 0 Å². The van der Waals surface area contributed by atoms with Gasteiger partial charge in [-0.15, -0.1) is 0 Å². The molecular formula is C16H21NO2. The number of furan rings is 1. The van der Waals surface area contributed by atoms with Crippen molar-refractivity contribution < 1.29 is 9.15 Å². The van der Waals surface area contributed by atoms with Crippen LogP contribution in [0, 0.1) is 6.92 Å². The molecule has 19 heavy (non-hydrogen) atoms. The fourth-order valence-electron chi connectivity index (χ4n) is 2.15. The van der Waals surface area contributed by atoms with Crippen LogP contribution in [0.1, 0.15) is 42.2 Å². The first-order valence-corrected chi connectivity index (χ1v) is 6.60. The maximum atomic E-state index is 5.73. The van der Waals surface area contributed by atoms with Crippen molar-refractivity contribution >= 4 is 0 Å². The zero-order valence-electron chi connectivity index (χ0n) is 11.8. The van der Waals surface area contributed by atoms with Gasteiger partial charge < -0.3 is 14.9 Å². The number of aryl methyl sites for hydroxylation is 1. The van der Waals surface area contributed by atoms with Crippen molar-refractivity contribution in [1.29, 1.82) is 0 Å². The van der Waals surface area contributed by atoms with Gasteiger partial charge in [-0.25, -0.2) is 0 Å². The molecule has 0 unspecified atom stereocenters. The van der Waals surface area contributed by atoms with Crippen LogP contribution in [0.3, 0.4) is 0 Å². The lowest BCUT2D eigenvalue weighted by Crippen LogP contribution is -1.97. The van der Waals surface area contributed by atoms with E-state index in [4.69, 9.17) is 14.9 Å². The van der Waals surface area contributed by atoms with Gasteiger partial charge in [-0.2, -0.15) is 0 Å². The molecule has 1 heterocycles. The molecule has 1 aromatic heterocycles. The summed E-state index contributed by atoms with van der Waals surface area (Å²) in [5, 5.41) is 0. The van der Waals surface area contributed by atoms with Gasteiger partial charge in [0, 0.05) is 12.1 Å². The van der Waals surface area contributed by atoms with Gasteiger partial charge in [0.15, 0.2) is 0 Å². The Morgan fingerprint density at radius 2 is 2.05 bits per heavy atom. The summed E-state index contributed by atoms with van der Waals surface area (Å²) < 4.78 is 11.1. The van der Waals surface area contributed by atoms with Crippen LogP contribution >= 0.6 is 0 Å². The minimum absolute atomic E-state index is 0.431. The van der Waals surface area contributed by atoms with E-state index in [1.54, 1.807) is 6.26 Å². The van der Waals surface area contributed by atoms with Crippen LogP contribution in [0.4, 0.5) is 0 Å². The SMILES string of the molecule is Cc1cc(OCc2cc(CN)co2)ccc1C(C)C. The quantitative estimate of drug-likeness (QED) is 0.889. The number of rotatable bonds is 5. The molecule has 2 rings (SSSR count). The van der Waals surface area contributed by atoms with Crippen LogP contribution in [0.25, 0.3) is 0 Å². The smallest absolute Gasteiger partial charge is 0.146 e. The number of ether oxygens (including phenoxy) is 1. The molecule has 0 aliphatic rings. The summed E-state index contributed by atoms with van der Waals surface area (Å²) in [6.07, 6.45) is 1.67. The molecule has 2 aromatic rings. The standard InChI is InChI=1S/C16H21NO2/c1-11(2)16-5-4-14(6-12(16)3)19-10-15-7-13(8-17)9-18-15/h4-7,9,11H,8,10,17H2,1-3H3. The van der Waals surface area contributed by atoms with Crippen LogP contribution in [0.15, 0.2) is 34.9 Å². The lowest BCUT2D eigenvalue weighted by molar-refractivity contribution is 0.270. The molecule has 0 amide bonds. The molecule has 0 aliphatic heterocycles. The van der Waals surface area contributed by atoms with Crippen molar-refractivity contribution in [3.05, 3.63) is 53.0 Å². The summed E-state index contributed by atoms with van der Waals surface area (Å²) in [6.45, 7) is 7.42. The third kappa shape index (κ3) is 3.38. The molecule has 0 spiro atoms. The second kappa shape index (κ2) is 5.93. The van der Waals surface area contributed by atoms with Gasteiger partial charge in [-0.3, -0.25) is 0 Å². The molecule has 2 N–H and O–H groups in total. The minimum atomic E-state index is 0.431. The Bertz CT molecular complexity index is 543. The summed E-state index contributed by atoms with van der Waals surface area (Å²) in [6, 6.07) is 8.13. The third-order valence-electron chi connectivity index (χ3n) is 3.19. The fraction of sp³-hybridized carbons (Fsp3) is 0.375. The molecule has 0 aliphatic carbocycles. The first kappa shape index (κ1) is 13.7. The van der Waals surface area contributed by atoms with E-state index in [-0.39, 0.29) is 0 Å². The molecule has 0 fully saturated rings. The average molecular weight is 259 g/mol. The fourth-order valence-corrected chi connectivity index (χ4v) is 2.15. The van der Waals surface area contributed by atoms with Gasteiger partial charge >= 0.3 is 0 Å². The summed E-state index contributed by atoms with van der Waals surface area (Å²) in [5.41, 5.74) is 9.14. The lowest BCUT2D eigenvalue weighted by atomic mass is 9.98. The highest BCUT2D eigenvalue weighted by Gasteiger charge is 2.06. The summed E-state index contributed by atoms with van der Waals surface area (Å²) in [5.74, 6) is 2.20. The van der Waals surface area contributed by atoms with E-state index >= 15 is 0 Å². The molecule has 0 bridgehead atoms. The topological polar surface area (TPSA) is 48.4 Å². The predicted octanol–water partition coefficient (Wildman–Crippen LogP) is 3.75. The highest BCUT2D eigenvalue weighted by Crippen LogP contribution is 2.24. The van der Waals surface area contributed by atoms with Gasteiger partial charge in [-0.1, -0.05) is 19.9 Å². The van der Waals surface area contributed by atoms with Crippen molar-refractivity contribution in [3.8, 4) is 5.75 Å². The molecule has 0 atom stereocenters.